The van der Waals surface area contributed by atoms with Crippen molar-refractivity contribution in [1.82, 2.24) is 0 Å². The summed E-state index contributed by atoms with van der Waals surface area (Å²) in [5.74, 6) is -0.932. The van der Waals surface area contributed by atoms with E-state index in [0.29, 0.717) is 0 Å². The lowest BCUT2D eigenvalue weighted by Crippen LogP contribution is -2.35. The summed E-state index contributed by atoms with van der Waals surface area (Å²) < 4.78 is 3.51. The first-order valence-electron chi connectivity index (χ1n) is 3.15. The lowest BCUT2D eigenvalue weighted by molar-refractivity contribution is -0.228. The average Bonchev–Trinajstić information content (AvgIpc) is 2.02. The van der Waals surface area contributed by atoms with Crippen molar-refractivity contribution in [2.24, 2.45) is 0 Å². The number of thiol groups is 3. The summed E-state index contributed by atoms with van der Waals surface area (Å²) in [4.78, 5) is 10.9. The maximum absolute atomic E-state index is 10.9. The van der Waals surface area contributed by atoms with E-state index in [1.54, 1.807) is 0 Å². The number of aliphatic hydroxyl groups is 3. The topological polar surface area (TPSA) is 87.0 Å². The molecule has 3 N–H and O–H groups in total. The minimum atomic E-state index is -2.14. The molecule has 2 atom stereocenters. The molecule has 2 unspecified atom stereocenters. The molecule has 8 heteroatoms. The third kappa shape index (κ3) is 4.99. The fourth-order valence-corrected chi connectivity index (χ4v) is 0.676. The second kappa shape index (κ2) is 5.99. The van der Waals surface area contributed by atoms with Crippen molar-refractivity contribution in [3.05, 3.63) is 0 Å². The Hall–Kier alpha value is 0.400. The maximum atomic E-state index is 10.9. The van der Waals surface area contributed by atoms with Crippen LogP contribution in [-0.2, 0) is 9.53 Å². The highest BCUT2D eigenvalue weighted by molar-refractivity contribution is 8.00. The molecular formula is C5H10O5S3. The summed E-state index contributed by atoms with van der Waals surface area (Å²) in [6, 6.07) is 0. The van der Waals surface area contributed by atoms with Gasteiger partial charge in [0.25, 0.3) is 6.29 Å². The Morgan fingerprint density at radius 2 is 1.62 bits per heavy atom. The number of carbonyl (C=O) groups excluding carboxylic acids is 1. The van der Waals surface area contributed by atoms with E-state index in [1.165, 1.54) is 0 Å². The van der Waals surface area contributed by atoms with Gasteiger partial charge in [0, 0.05) is 0 Å². The van der Waals surface area contributed by atoms with Crippen molar-refractivity contribution in [1.29, 1.82) is 0 Å². The Morgan fingerprint density at radius 1 is 1.15 bits per heavy atom. The summed E-state index contributed by atoms with van der Waals surface area (Å²) in [6.45, 7) is 0. The van der Waals surface area contributed by atoms with E-state index < -0.39 is 28.4 Å². The summed E-state index contributed by atoms with van der Waals surface area (Å²) in [5.41, 5.74) is 0. The van der Waals surface area contributed by atoms with Gasteiger partial charge in [0.2, 0.25) is 6.29 Å². The average molecular weight is 246 g/mol. The third-order valence-electron chi connectivity index (χ3n) is 1.02. The molecule has 13 heavy (non-hydrogen) atoms. The zero-order valence-corrected chi connectivity index (χ0v) is 8.99. The van der Waals surface area contributed by atoms with Gasteiger partial charge in [-0.2, -0.15) is 37.9 Å². The van der Waals surface area contributed by atoms with Gasteiger partial charge < -0.3 is 20.1 Å². The minimum absolute atomic E-state index is 0.668. The Morgan fingerprint density at radius 3 is 1.92 bits per heavy atom. The molecule has 0 spiro atoms. The number of hydrogen-bond donors (Lipinski definition) is 6. The molecule has 0 aromatic carbocycles. The van der Waals surface area contributed by atoms with E-state index >= 15 is 0 Å². The molecule has 0 amide bonds. The molecule has 0 saturated carbocycles. The smallest absolute Gasteiger partial charge is 0.323 e. The molecule has 78 valence electrons. The first-order chi connectivity index (χ1) is 5.86. The number of rotatable bonds is 4. The Labute approximate surface area is 91.3 Å². The van der Waals surface area contributed by atoms with Crippen LogP contribution in [-0.4, -0.2) is 43.7 Å². The van der Waals surface area contributed by atoms with Crippen molar-refractivity contribution in [3.63, 3.8) is 0 Å². The highest BCUT2D eigenvalue weighted by Crippen LogP contribution is 2.14. The number of carbonyl (C=O) groups is 1. The van der Waals surface area contributed by atoms with Crippen LogP contribution in [0.2, 0.25) is 0 Å². The predicted molar refractivity (Wildman–Crippen MR) is 54.9 cm³/mol. The van der Waals surface area contributed by atoms with Crippen molar-refractivity contribution >= 4 is 43.9 Å². The molecule has 0 heterocycles. The van der Waals surface area contributed by atoms with Crippen LogP contribution < -0.4 is 0 Å². The van der Waals surface area contributed by atoms with Crippen molar-refractivity contribution in [2.75, 3.05) is 0 Å². The number of esters is 1. The molecule has 0 bridgehead atoms. The van der Waals surface area contributed by atoms with Crippen LogP contribution in [0.3, 0.4) is 0 Å². The van der Waals surface area contributed by atoms with Gasteiger partial charge in [-0.25, -0.2) is 0 Å². The molecule has 0 aromatic rings. The second-order valence-corrected chi connectivity index (χ2v) is 4.18. The predicted octanol–water partition coefficient (Wildman–Crippen LogP) is -1.36. The minimum Gasteiger partial charge on any atom is -0.429 e. The standard InChI is InChI=1S/C5H10O5S3/c6-2(7)4(9)10-3(8)1(11)5(12)13/h1-2,4-7,9,11-13H. The van der Waals surface area contributed by atoms with E-state index in [9.17, 15) is 4.79 Å². The molecule has 0 radical (unpaired) electrons. The SMILES string of the molecule is O=C(OC(O)C(O)O)C(S)C(S)S. The fourth-order valence-electron chi connectivity index (χ4n) is 0.371. The molecular weight excluding hydrogens is 236 g/mol. The molecule has 0 aliphatic carbocycles. The number of aliphatic hydroxyl groups excluding tert-OH is 2. The van der Waals surface area contributed by atoms with Crippen LogP contribution in [0.1, 0.15) is 0 Å². The molecule has 5 nitrogen and oxygen atoms in total. The monoisotopic (exact) mass is 246 g/mol. The van der Waals surface area contributed by atoms with Crippen LogP contribution in [0.15, 0.2) is 0 Å². The highest BCUT2D eigenvalue weighted by Gasteiger charge is 2.25. The summed E-state index contributed by atoms with van der Waals surface area (Å²) in [5, 5.41) is 24.5. The number of hydrogen-bond acceptors (Lipinski definition) is 8. The first-order valence-corrected chi connectivity index (χ1v) is 4.70. The van der Waals surface area contributed by atoms with E-state index in [4.69, 9.17) is 15.3 Å². The Balaban J connectivity index is 4.00. The van der Waals surface area contributed by atoms with Crippen LogP contribution in [0.5, 0.6) is 0 Å². The molecule has 0 fully saturated rings. The van der Waals surface area contributed by atoms with Crippen molar-refractivity contribution in [2.45, 2.75) is 22.4 Å². The van der Waals surface area contributed by atoms with Crippen LogP contribution in [0, 0.1) is 0 Å². The van der Waals surface area contributed by atoms with Gasteiger partial charge in [0.15, 0.2) is 0 Å². The van der Waals surface area contributed by atoms with Gasteiger partial charge in [-0.3, -0.25) is 4.79 Å². The van der Waals surface area contributed by atoms with Gasteiger partial charge in [-0.15, -0.1) is 0 Å². The fraction of sp³-hybridized carbons (Fsp3) is 0.800. The van der Waals surface area contributed by atoms with Gasteiger partial charge in [0.05, 0.1) is 4.58 Å². The Kier molecular flexibility index (Phi) is 6.18. The highest BCUT2D eigenvalue weighted by atomic mass is 32.2. The maximum Gasteiger partial charge on any atom is 0.323 e. The number of ether oxygens (including phenoxy) is 1. The van der Waals surface area contributed by atoms with Crippen LogP contribution >= 0.6 is 37.9 Å². The molecule has 0 aromatic heterocycles. The molecule has 0 rings (SSSR count). The van der Waals surface area contributed by atoms with E-state index in [2.05, 4.69) is 42.6 Å². The van der Waals surface area contributed by atoms with E-state index in [0.717, 1.165) is 0 Å². The largest absolute Gasteiger partial charge is 0.429 e. The van der Waals surface area contributed by atoms with Crippen LogP contribution in [0.25, 0.3) is 0 Å². The van der Waals surface area contributed by atoms with E-state index in [1.807, 2.05) is 0 Å². The van der Waals surface area contributed by atoms with Gasteiger partial charge in [0.1, 0.15) is 5.25 Å². The van der Waals surface area contributed by atoms with Crippen molar-refractivity contribution in [3.8, 4) is 0 Å². The first kappa shape index (κ1) is 13.4. The molecule has 0 saturated heterocycles. The van der Waals surface area contributed by atoms with Gasteiger partial charge in [-0.1, -0.05) is 0 Å². The van der Waals surface area contributed by atoms with Crippen LogP contribution in [0.4, 0.5) is 0 Å². The molecule has 0 aliphatic rings. The summed E-state index contributed by atoms with van der Waals surface area (Å²) in [7, 11) is 0. The lowest BCUT2D eigenvalue weighted by atomic mass is 10.5. The zero-order valence-electron chi connectivity index (χ0n) is 6.31. The molecule has 0 aliphatic heterocycles. The van der Waals surface area contributed by atoms with Gasteiger partial charge in [-0.05, 0) is 0 Å². The summed E-state index contributed by atoms with van der Waals surface area (Å²) >= 11 is 11.3. The van der Waals surface area contributed by atoms with Gasteiger partial charge >= 0.3 is 5.97 Å². The second-order valence-electron chi connectivity index (χ2n) is 2.10. The Bertz CT molecular complexity index is 174. The van der Waals surface area contributed by atoms with E-state index in [-0.39, 0.29) is 0 Å². The lowest BCUT2D eigenvalue weighted by Gasteiger charge is -2.17. The summed E-state index contributed by atoms with van der Waals surface area (Å²) in [6.07, 6.45) is -4.12. The van der Waals surface area contributed by atoms with Crippen molar-refractivity contribution < 1.29 is 24.9 Å². The quantitative estimate of drug-likeness (QED) is 0.210. The zero-order chi connectivity index (χ0) is 10.6. The normalized spacial score (nSPS) is 16.0. The third-order valence-corrected chi connectivity index (χ3v) is 2.59.